The van der Waals surface area contributed by atoms with Crippen molar-refractivity contribution in [2.24, 2.45) is 0 Å². The Balaban J connectivity index is 2.06. The Bertz CT molecular complexity index is 583. The van der Waals surface area contributed by atoms with Crippen LogP contribution in [0.2, 0.25) is 0 Å². The molecule has 2 nitrogen and oxygen atoms in total. The number of amides is 1. The van der Waals surface area contributed by atoms with Gasteiger partial charge in [-0.15, -0.1) is 24.0 Å². The molecule has 1 amide bonds. The number of hydrogen-bond donors (Lipinski definition) is 2. The molecule has 6 heteroatoms. The van der Waals surface area contributed by atoms with E-state index in [-0.39, 0.29) is 5.91 Å². The maximum absolute atomic E-state index is 12.0. The molecule has 0 fully saturated rings. The average molecular weight is 407 g/mol. The molecule has 1 aromatic carbocycles. The highest BCUT2D eigenvalue weighted by molar-refractivity contribution is 9.10. The maximum atomic E-state index is 12.0. The summed E-state index contributed by atoms with van der Waals surface area (Å²) in [6, 6.07) is 7.36. The number of halogens is 2. The molecule has 1 heterocycles. The molecule has 0 aliphatic heterocycles. The molecular weight excluding hydrogens is 398 g/mol. The number of benzene rings is 1. The van der Waals surface area contributed by atoms with E-state index in [0.717, 1.165) is 13.8 Å². The lowest BCUT2D eigenvalue weighted by molar-refractivity contribution is 0.0948. The molecular formula is C12H9Br2NOS2. The number of thiol groups is 1. The summed E-state index contributed by atoms with van der Waals surface area (Å²) in [6.45, 7) is 0.514. The average Bonchev–Trinajstić information content (AvgIpc) is 2.72. The zero-order chi connectivity index (χ0) is 13.1. The summed E-state index contributed by atoms with van der Waals surface area (Å²) in [5, 5.41) is 4.86. The number of carbonyl (C=O) groups excluding carboxylic acids is 1. The van der Waals surface area contributed by atoms with E-state index in [1.54, 1.807) is 23.5 Å². The molecule has 0 spiro atoms. The number of carbonyl (C=O) groups is 1. The molecule has 2 rings (SSSR count). The molecule has 0 bridgehead atoms. The second-order valence-corrected chi connectivity index (χ2v) is 6.79. The van der Waals surface area contributed by atoms with Gasteiger partial charge >= 0.3 is 0 Å². The van der Waals surface area contributed by atoms with Gasteiger partial charge in [0.15, 0.2) is 0 Å². The minimum Gasteiger partial charge on any atom is -0.347 e. The standard InChI is InChI=1S/C12H9Br2NOS2/c13-7-1-2-8(10(17)5-7)12(16)15-6-11-9(14)3-4-18-11/h1-5,17H,6H2,(H,15,16). The molecule has 0 aliphatic rings. The zero-order valence-corrected chi connectivity index (χ0v) is 14.0. The van der Waals surface area contributed by atoms with Crippen molar-refractivity contribution in [1.29, 1.82) is 0 Å². The Hall–Kier alpha value is -0.300. The van der Waals surface area contributed by atoms with Gasteiger partial charge in [0.25, 0.3) is 5.91 Å². The maximum Gasteiger partial charge on any atom is 0.252 e. The van der Waals surface area contributed by atoms with Crippen LogP contribution in [0.25, 0.3) is 0 Å². The van der Waals surface area contributed by atoms with Crippen LogP contribution in [-0.4, -0.2) is 5.91 Å². The van der Waals surface area contributed by atoms with Crippen LogP contribution in [0.4, 0.5) is 0 Å². The second-order valence-electron chi connectivity index (χ2n) is 3.54. The number of nitrogens with one attached hydrogen (secondary N) is 1. The predicted molar refractivity (Wildman–Crippen MR) is 84.6 cm³/mol. The van der Waals surface area contributed by atoms with Crippen LogP contribution in [0.1, 0.15) is 15.2 Å². The van der Waals surface area contributed by atoms with Gasteiger partial charge in [-0.1, -0.05) is 15.9 Å². The Labute approximate surface area is 131 Å². The van der Waals surface area contributed by atoms with Gasteiger partial charge in [0.1, 0.15) is 0 Å². The lowest BCUT2D eigenvalue weighted by Crippen LogP contribution is -2.22. The molecule has 0 radical (unpaired) electrons. The molecule has 0 saturated carbocycles. The number of hydrogen-bond acceptors (Lipinski definition) is 3. The third-order valence-corrected chi connectivity index (χ3v) is 5.09. The van der Waals surface area contributed by atoms with Gasteiger partial charge in [-0.05, 0) is 45.6 Å². The van der Waals surface area contributed by atoms with E-state index in [4.69, 9.17) is 0 Å². The van der Waals surface area contributed by atoms with E-state index in [1.165, 1.54) is 0 Å². The Morgan fingerprint density at radius 2 is 2.11 bits per heavy atom. The van der Waals surface area contributed by atoms with Gasteiger partial charge in [-0.2, -0.15) is 0 Å². The largest absolute Gasteiger partial charge is 0.347 e. The topological polar surface area (TPSA) is 29.1 Å². The normalized spacial score (nSPS) is 10.4. The fourth-order valence-corrected chi connectivity index (χ4v) is 3.69. The van der Waals surface area contributed by atoms with Crippen molar-refractivity contribution in [3.8, 4) is 0 Å². The SMILES string of the molecule is O=C(NCc1sccc1Br)c1ccc(Br)cc1S. The number of thiophene rings is 1. The Morgan fingerprint density at radius 3 is 2.72 bits per heavy atom. The highest BCUT2D eigenvalue weighted by atomic mass is 79.9. The highest BCUT2D eigenvalue weighted by Crippen LogP contribution is 2.23. The summed E-state index contributed by atoms with van der Waals surface area (Å²) < 4.78 is 1.93. The summed E-state index contributed by atoms with van der Waals surface area (Å²) in [6.07, 6.45) is 0. The second kappa shape index (κ2) is 6.23. The minimum atomic E-state index is -0.118. The zero-order valence-electron chi connectivity index (χ0n) is 9.11. The van der Waals surface area contributed by atoms with Crippen molar-refractivity contribution in [3.05, 3.63) is 49.0 Å². The van der Waals surface area contributed by atoms with Crippen molar-refractivity contribution in [3.63, 3.8) is 0 Å². The summed E-state index contributed by atoms with van der Waals surface area (Å²) in [5.74, 6) is -0.118. The first-order valence-electron chi connectivity index (χ1n) is 5.06. The smallest absolute Gasteiger partial charge is 0.252 e. The summed E-state index contributed by atoms with van der Waals surface area (Å²) in [7, 11) is 0. The molecule has 0 unspecified atom stereocenters. The van der Waals surface area contributed by atoms with E-state index < -0.39 is 0 Å². The lowest BCUT2D eigenvalue weighted by atomic mass is 10.2. The van der Waals surface area contributed by atoms with E-state index in [9.17, 15) is 4.79 Å². The third-order valence-electron chi connectivity index (χ3n) is 2.30. The van der Waals surface area contributed by atoms with Gasteiger partial charge < -0.3 is 5.32 Å². The van der Waals surface area contributed by atoms with Gasteiger partial charge in [-0.3, -0.25) is 4.79 Å². The van der Waals surface area contributed by atoms with Crippen LogP contribution in [0.5, 0.6) is 0 Å². The fraction of sp³-hybridized carbons (Fsp3) is 0.0833. The van der Waals surface area contributed by atoms with Crippen LogP contribution in [0.15, 0.2) is 43.5 Å². The molecule has 0 aliphatic carbocycles. The fourth-order valence-electron chi connectivity index (χ4n) is 1.40. The first kappa shape index (κ1) is 14.1. The van der Waals surface area contributed by atoms with Crippen molar-refractivity contribution in [2.75, 3.05) is 0 Å². The summed E-state index contributed by atoms with van der Waals surface area (Å²) in [4.78, 5) is 13.8. The highest BCUT2D eigenvalue weighted by Gasteiger charge is 2.10. The van der Waals surface area contributed by atoms with Crippen LogP contribution in [0, 0.1) is 0 Å². The molecule has 94 valence electrons. The van der Waals surface area contributed by atoms with Crippen LogP contribution < -0.4 is 5.32 Å². The molecule has 18 heavy (non-hydrogen) atoms. The van der Waals surface area contributed by atoms with E-state index >= 15 is 0 Å². The first-order chi connectivity index (χ1) is 8.58. The first-order valence-corrected chi connectivity index (χ1v) is 7.98. The summed E-state index contributed by atoms with van der Waals surface area (Å²) >= 11 is 12.7. The minimum absolute atomic E-state index is 0.118. The molecule has 0 saturated heterocycles. The van der Waals surface area contributed by atoms with Crippen LogP contribution in [-0.2, 0) is 6.54 Å². The number of rotatable bonds is 3. The third kappa shape index (κ3) is 3.38. The molecule has 1 N–H and O–H groups in total. The van der Waals surface area contributed by atoms with E-state index in [0.29, 0.717) is 17.0 Å². The molecule has 0 atom stereocenters. The lowest BCUT2D eigenvalue weighted by Gasteiger charge is -2.07. The Kier molecular flexibility index (Phi) is 4.89. The molecule has 2 aromatic rings. The predicted octanol–water partition coefficient (Wildman–Crippen LogP) is 4.49. The van der Waals surface area contributed by atoms with Gasteiger partial charge in [0, 0.05) is 18.7 Å². The van der Waals surface area contributed by atoms with Crippen molar-refractivity contribution in [1.82, 2.24) is 5.32 Å². The van der Waals surface area contributed by atoms with Gasteiger partial charge in [0.2, 0.25) is 0 Å². The van der Waals surface area contributed by atoms with Crippen LogP contribution in [0.3, 0.4) is 0 Å². The van der Waals surface area contributed by atoms with Crippen molar-refractivity contribution >= 4 is 61.7 Å². The van der Waals surface area contributed by atoms with E-state index in [1.807, 2.05) is 17.5 Å². The van der Waals surface area contributed by atoms with Crippen molar-refractivity contribution < 1.29 is 4.79 Å². The van der Waals surface area contributed by atoms with E-state index in [2.05, 4.69) is 49.8 Å². The molecule has 1 aromatic heterocycles. The van der Waals surface area contributed by atoms with Gasteiger partial charge in [-0.25, -0.2) is 0 Å². The Morgan fingerprint density at radius 1 is 1.33 bits per heavy atom. The van der Waals surface area contributed by atoms with Gasteiger partial charge in [0.05, 0.1) is 12.1 Å². The quantitative estimate of drug-likeness (QED) is 0.722. The van der Waals surface area contributed by atoms with Crippen LogP contribution >= 0.6 is 55.8 Å². The monoisotopic (exact) mass is 405 g/mol. The van der Waals surface area contributed by atoms with Crippen molar-refractivity contribution in [2.45, 2.75) is 11.4 Å². The summed E-state index contributed by atoms with van der Waals surface area (Å²) in [5.41, 5.74) is 0.578.